The van der Waals surface area contributed by atoms with Crippen molar-refractivity contribution in [1.82, 2.24) is 5.32 Å². The molecule has 0 unspecified atom stereocenters. The third kappa shape index (κ3) is 2.71. The number of rotatable bonds is 3. The van der Waals surface area contributed by atoms with Crippen LogP contribution in [0.5, 0.6) is 0 Å². The Balaban J connectivity index is 2.07. The molecule has 0 aromatic carbocycles. The maximum absolute atomic E-state index is 9.85. The summed E-state index contributed by atoms with van der Waals surface area (Å²) in [6.45, 7) is 2.79. The summed E-state index contributed by atoms with van der Waals surface area (Å²) >= 11 is 0. The fourth-order valence-electron chi connectivity index (χ4n) is 0.840. The van der Waals surface area contributed by atoms with Gasteiger partial charge in [-0.1, -0.05) is 0 Å². The van der Waals surface area contributed by atoms with E-state index in [2.05, 4.69) is 9.84 Å². The van der Waals surface area contributed by atoms with Gasteiger partial charge in [-0.15, -0.1) is 0 Å². The number of morpholine rings is 1. The third-order valence-corrected chi connectivity index (χ3v) is 1.57. The molecule has 0 spiro atoms. The molecule has 1 heterocycles. The third-order valence-electron chi connectivity index (χ3n) is 1.32. The van der Waals surface area contributed by atoms with Crippen LogP contribution in [0.25, 0.3) is 0 Å². The Morgan fingerprint density at radius 1 is 1.80 bits per heavy atom. The van der Waals surface area contributed by atoms with Crippen molar-refractivity contribution in [2.75, 3.05) is 26.3 Å². The van der Waals surface area contributed by atoms with Gasteiger partial charge in [0.05, 0.1) is 19.3 Å². The van der Waals surface area contributed by atoms with Crippen LogP contribution in [0.2, 0.25) is 0 Å². The molecule has 1 rings (SSSR count). The smallest absolute Gasteiger partial charge is 0.327 e. The van der Waals surface area contributed by atoms with E-state index in [1.807, 2.05) is 0 Å². The van der Waals surface area contributed by atoms with Crippen LogP contribution >= 0.6 is 8.69 Å². The first-order valence-corrected chi connectivity index (χ1v) is 3.93. The van der Waals surface area contributed by atoms with Gasteiger partial charge >= 0.3 is 8.69 Å². The number of nitrogens with one attached hydrogen (secondary N) is 1. The minimum absolute atomic E-state index is 0.0650. The van der Waals surface area contributed by atoms with Gasteiger partial charge in [-0.3, -0.25) is 4.52 Å². The lowest BCUT2D eigenvalue weighted by atomic mass is 10.3. The number of hydrogen-bond donors (Lipinski definition) is 1. The molecular weight excluding hydrogens is 153 g/mol. The molecule has 0 aliphatic carbocycles. The van der Waals surface area contributed by atoms with Gasteiger partial charge in [0.1, 0.15) is 0 Å². The number of ether oxygens (including phenoxy) is 1. The van der Waals surface area contributed by atoms with E-state index in [4.69, 9.17) is 4.74 Å². The van der Waals surface area contributed by atoms with Crippen molar-refractivity contribution in [3.8, 4) is 0 Å². The highest BCUT2D eigenvalue weighted by atomic mass is 31.1. The highest BCUT2D eigenvalue weighted by molar-refractivity contribution is 7.17. The number of hydrogen-bond acceptors (Lipinski definition) is 4. The van der Waals surface area contributed by atoms with Crippen LogP contribution in [0.1, 0.15) is 0 Å². The zero-order valence-corrected chi connectivity index (χ0v) is 6.47. The average molecular weight is 163 g/mol. The molecule has 1 N–H and O–H groups in total. The lowest BCUT2D eigenvalue weighted by Gasteiger charge is -2.21. The second-order valence-corrected chi connectivity index (χ2v) is 2.47. The van der Waals surface area contributed by atoms with Gasteiger partial charge in [0.25, 0.3) is 0 Å². The topological polar surface area (TPSA) is 47.6 Å². The van der Waals surface area contributed by atoms with Crippen molar-refractivity contribution in [2.24, 2.45) is 0 Å². The van der Waals surface area contributed by atoms with Gasteiger partial charge in [0, 0.05) is 13.1 Å². The second kappa shape index (κ2) is 4.74. The Hall–Kier alpha value is -0.0200. The first-order chi connectivity index (χ1) is 4.93. The normalized spacial score (nSPS) is 27.0. The summed E-state index contributed by atoms with van der Waals surface area (Å²) in [4.78, 5) is 0. The largest absolute Gasteiger partial charge is 0.373 e. The highest BCUT2D eigenvalue weighted by Gasteiger charge is 2.12. The minimum Gasteiger partial charge on any atom is -0.373 e. The van der Waals surface area contributed by atoms with Crippen LogP contribution < -0.4 is 5.32 Å². The van der Waals surface area contributed by atoms with Gasteiger partial charge in [0.2, 0.25) is 0 Å². The minimum atomic E-state index is -0.269. The van der Waals surface area contributed by atoms with Crippen molar-refractivity contribution in [1.29, 1.82) is 0 Å². The first-order valence-electron chi connectivity index (χ1n) is 3.20. The van der Waals surface area contributed by atoms with E-state index in [9.17, 15) is 4.57 Å². The van der Waals surface area contributed by atoms with E-state index < -0.39 is 0 Å². The molecule has 4 nitrogen and oxygen atoms in total. The van der Waals surface area contributed by atoms with Crippen LogP contribution in [0.15, 0.2) is 0 Å². The zero-order valence-electron chi connectivity index (χ0n) is 5.58. The standard InChI is InChI=1S/C5H10NO3P/c7-10-9-4-5-3-6-1-2-8-5/h5-6H,1-4H2/t5-/m1/s1. The molecule has 0 aromatic rings. The lowest BCUT2D eigenvalue weighted by molar-refractivity contribution is 0.00284. The second-order valence-electron chi connectivity index (χ2n) is 2.07. The van der Waals surface area contributed by atoms with E-state index in [1.165, 1.54) is 0 Å². The molecule has 1 saturated heterocycles. The fraction of sp³-hybridized carbons (Fsp3) is 1.00. The van der Waals surface area contributed by atoms with E-state index in [1.54, 1.807) is 0 Å². The molecule has 0 saturated carbocycles. The van der Waals surface area contributed by atoms with E-state index >= 15 is 0 Å². The maximum Gasteiger partial charge on any atom is 0.327 e. The Kier molecular flexibility index (Phi) is 3.83. The summed E-state index contributed by atoms with van der Waals surface area (Å²) in [7, 11) is -0.269. The van der Waals surface area contributed by atoms with Crippen LogP contribution in [-0.2, 0) is 13.8 Å². The highest BCUT2D eigenvalue weighted by Crippen LogP contribution is 2.01. The van der Waals surface area contributed by atoms with Gasteiger partial charge in [0.15, 0.2) is 0 Å². The monoisotopic (exact) mass is 163 g/mol. The molecule has 10 heavy (non-hydrogen) atoms. The molecule has 1 fully saturated rings. The lowest BCUT2D eigenvalue weighted by Crippen LogP contribution is -2.40. The summed E-state index contributed by atoms with van der Waals surface area (Å²) < 4.78 is 19.7. The van der Waals surface area contributed by atoms with Crippen LogP contribution in [-0.4, -0.2) is 32.4 Å². The van der Waals surface area contributed by atoms with Gasteiger partial charge in [-0.05, 0) is 0 Å². The van der Waals surface area contributed by atoms with Crippen LogP contribution in [0.4, 0.5) is 0 Å². The van der Waals surface area contributed by atoms with Crippen molar-refractivity contribution < 1.29 is 13.8 Å². The fourth-order valence-corrected chi connectivity index (χ4v) is 1.07. The molecule has 1 aliphatic heterocycles. The van der Waals surface area contributed by atoms with Crippen molar-refractivity contribution in [3.63, 3.8) is 0 Å². The SMILES string of the molecule is O=POC[C@H]1CNCCO1. The summed E-state index contributed by atoms with van der Waals surface area (Å²) in [5.74, 6) is 0. The Bertz CT molecular complexity index is 105. The molecule has 1 aliphatic rings. The maximum atomic E-state index is 9.85. The summed E-state index contributed by atoms with van der Waals surface area (Å²) in [6.07, 6.45) is 0.0650. The van der Waals surface area contributed by atoms with Crippen molar-refractivity contribution >= 4 is 8.69 Å². The molecule has 5 heteroatoms. The average Bonchev–Trinajstić information content (AvgIpc) is 2.03. The summed E-state index contributed by atoms with van der Waals surface area (Å²) in [5, 5.41) is 3.13. The molecule has 0 aromatic heterocycles. The Morgan fingerprint density at radius 2 is 2.70 bits per heavy atom. The molecule has 0 radical (unpaired) electrons. The molecule has 58 valence electrons. The van der Waals surface area contributed by atoms with Gasteiger partial charge < -0.3 is 10.1 Å². The first kappa shape index (κ1) is 8.08. The van der Waals surface area contributed by atoms with Crippen molar-refractivity contribution in [2.45, 2.75) is 6.10 Å². The summed E-state index contributed by atoms with van der Waals surface area (Å²) in [6, 6.07) is 0. The van der Waals surface area contributed by atoms with Crippen LogP contribution in [0.3, 0.4) is 0 Å². The molecule has 0 bridgehead atoms. The van der Waals surface area contributed by atoms with E-state index in [0.29, 0.717) is 13.2 Å². The predicted octanol–water partition coefficient (Wildman–Crippen LogP) is 0.198. The zero-order chi connectivity index (χ0) is 7.23. The van der Waals surface area contributed by atoms with Crippen molar-refractivity contribution in [3.05, 3.63) is 0 Å². The Morgan fingerprint density at radius 3 is 3.30 bits per heavy atom. The molecule has 0 amide bonds. The van der Waals surface area contributed by atoms with Crippen LogP contribution in [0, 0.1) is 0 Å². The summed E-state index contributed by atoms with van der Waals surface area (Å²) in [5.41, 5.74) is 0. The molecule has 1 atom stereocenters. The van der Waals surface area contributed by atoms with Gasteiger partial charge in [-0.25, -0.2) is 4.57 Å². The van der Waals surface area contributed by atoms with E-state index in [0.717, 1.165) is 13.1 Å². The Labute approximate surface area is 61.2 Å². The molecular formula is C5H10NO3P. The predicted molar refractivity (Wildman–Crippen MR) is 36.2 cm³/mol. The quantitative estimate of drug-likeness (QED) is 0.603. The van der Waals surface area contributed by atoms with E-state index in [-0.39, 0.29) is 14.8 Å². The van der Waals surface area contributed by atoms with Gasteiger partial charge in [-0.2, -0.15) is 0 Å².